The van der Waals surface area contributed by atoms with Crippen LogP contribution in [0.15, 0.2) is 0 Å². The number of nitrogens with one attached hydrogen (secondary N) is 1. The van der Waals surface area contributed by atoms with Gasteiger partial charge in [0.05, 0.1) is 0 Å². The van der Waals surface area contributed by atoms with Gasteiger partial charge in [0.15, 0.2) is 0 Å². The van der Waals surface area contributed by atoms with E-state index in [0.29, 0.717) is 12.5 Å². The molecule has 1 unspecified atom stereocenters. The minimum atomic E-state index is -0.341. The van der Waals surface area contributed by atoms with Crippen LogP contribution in [0, 0.1) is 0 Å². The molecule has 1 fully saturated rings. The molecule has 0 aliphatic carbocycles. The Hall–Kier alpha value is -0.570. The highest BCUT2D eigenvalue weighted by atomic mass is 16.6. The number of hydrogen-bond donors (Lipinski definition) is 1. The van der Waals surface area contributed by atoms with Gasteiger partial charge in [-0.15, -0.1) is 0 Å². The summed E-state index contributed by atoms with van der Waals surface area (Å²) < 4.78 is 5.21. The van der Waals surface area contributed by atoms with Gasteiger partial charge in [0.25, 0.3) is 0 Å². The Kier molecular flexibility index (Phi) is 3.93. The first-order valence-electron chi connectivity index (χ1n) is 5.42. The first-order valence-corrected chi connectivity index (χ1v) is 5.42. The summed E-state index contributed by atoms with van der Waals surface area (Å²) in [5, 5.41) is 3.32. The molecule has 1 rings (SSSR count). The fourth-order valence-corrected chi connectivity index (χ4v) is 1.48. The summed E-state index contributed by atoms with van der Waals surface area (Å²) in [5.74, 6) is -0.0724. The molecule has 0 aromatic carbocycles. The quantitative estimate of drug-likeness (QED) is 0.702. The molecular weight excluding hydrogens is 178 g/mol. The summed E-state index contributed by atoms with van der Waals surface area (Å²) in [5.41, 5.74) is -0.341. The van der Waals surface area contributed by atoms with Crippen molar-refractivity contribution in [1.29, 1.82) is 0 Å². The van der Waals surface area contributed by atoms with Crippen LogP contribution >= 0.6 is 0 Å². The molecule has 0 radical (unpaired) electrons. The van der Waals surface area contributed by atoms with Gasteiger partial charge < -0.3 is 10.1 Å². The fourth-order valence-electron chi connectivity index (χ4n) is 1.48. The van der Waals surface area contributed by atoms with E-state index >= 15 is 0 Å². The summed E-state index contributed by atoms with van der Waals surface area (Å²) in [6, 6.07) is 0.650. The molecule has 0 bridgehead atoms. The minimum absolute atomic E-state index is 0.0724. The lowest BCUT2D eigenvalue weighted by Crippen LogP contribution is -2.42. The molecule has 1 saturated heterocycles. The third kappa shape index (κ3) is 4.61. The van der Waals surface area contributed by atoms with Crippen molar-refractivity contribution in [2.75, 3.05) is 6.54 Å². The molecule has 1 heterocycles. The van der Waals surface area contributed by atoms with E-state index in [0.717, 1.165) is 19.4 Å². The summed E-state index contributed by atoms with van der Waals surface area (Å²) in [6.45, 7) is 6.84. The summed E-state index contributed by atoms with van der Waals surface area (Å²) in [7, 11) is 0. The van der Waals surface area contributed by atoms with E-state index in [1.165, 1.54) is 6.42 Å². The maximum atomic E-state index is 11.3. The van der Waals surface area contributed by atoms with Crippen LogP contribution < -0.4 is 5.32 Å². The van der Waals surface area contributed by atoms with Crippen LogP contribution in [-0.2, 0) is 9.53 Å². The molecule has 1 atom stereocenters. The highest BCUT2D eigenvalue weighted by molar-refractivity contribution is 5.69. The van der Waals surface area contributed by atoms with E-state index in [-0.39, 0.29) is 11.6 Å². The van der Waals surface area contributed by atoms with Crippen molar-refractivity contribution in [2.24, 2.45) is 0 Å². The van der Waals surface area contributed by atoms with Gasteiger partial charge in [-0.05, 0) is 46.6 Å². The molecule has 14 heavy (non-hydrogen) atoms. The summed E-state index contributed by atoms with van der Waals surface area (Å²) in [6.07, 6.45) is 3.84. The van der Waals surface area contributed by atoms with Crippen LogP contribution in [0.25, 0.3) is 0 Å². The van der Waals surface area contributed by atoms with E-state index in [4.69, 9.17) is 4.74 Å². The van der Waals surface area contributed by atoms with Crippen molar-refractivity contribution in [3.8, 4) is 0 Å². The molecule has 1 N–H and O–H groups in total. The zero-order chi connectivity index (χ0) is 10.6. The average Bonchev–Trinajstić information content (AvgIpc) is 1.90. The molecule has 0 aromatic rings. The lowest BCUT2D eigenvalue weighted by atomic mass is 10.0. The van der Waals surface area contributed by atoms with Crippen LogP contribution in [-0.4, -0.2) is 24.2 Å². The zero-order valence-corrected chi connectivity index (χ0v) is 9.43. The van der Waals surface area contributed by atoms with Gasteiger partial charge >= 0.3 is 5.97 Å². The van der Waals surface area contributed by atoms with Gasteiger partial charge in [-0.3, -0.25) is 4.79 Å². The van der Waals surface area contributed by atoms with Crippen LogP contribution in [0.3, 0.4) is 0 Å². The standard InChI is InChI=1S/C11H21NO2/c1-11(2,3)14-10(13)6-4-5-9-7-8-12-9/h9,12H,4-8H2,1-3H3. The van der Waals surface area contributed by atoms with Crippen molar-refractivity contribution < 1.29 is 9.53 Å². The van der Waals surface area contributed by atoms with E-state index in [2.05, 4.69) is 5.32 Å². The van der Waals surface area contributed by atoms with E-state index in [1.807, 2.05) is 20.8 Å². The fraction of sp³-hybridized carbons (Fsp3) is 0.909. The van der Waals surface area contributed by atoms with Gasteiger partial charge in [0.2, 0.25) is 0 Å². The van der Waals surface area contributed by atoms with E-state index in [1.54, 1.807) is 0 Å². The summed E-state index contributed by atoms with van der Waals surface area (Å²) in [4.78, 5) is 11.3. The third-order valence-electron chi connectivity index (χ3n) is 2.28. The lowest BCUT2D eigenvalue weighted by Gasteiger charge is -2.27. The van der Waals surface area contributed by atoms with Crippen LogP contribution in [0.1, 0.15) is 46.5 Å². The van der Waals surface area contributed by atoms with Gasteiger partial charge in [-0.1, -0.05) is 0 Å². The highest BCUT2D eigenvalue weighted by Crippen LogP contribution is 2.13. The number of esters is 1. The number of ether oxygens (including phenoxy) is 1. The Bertz CT molecular complexity index is 192. The van der Waals surface area contributed by atoms with Crippen molar-refractivity contribution in [3.05, 3.63) is 0 Å². The van der Waals surface area contributed by atoms with Gasteiger partial charge in [0, 0.05) is 12.5 Å². The smallest absolute Gasteiger partial charge is 0.306 e. The molecule has 3 heteroatoms. The lowest BCUT2D eigenvalue weighted by molar-refractivity contribution is -0.154. The maximum Gasteiger partial charge on any atom is 0.306 e. The Balaban J connectivity index is 2.02. The first kappa shape index (κ1) is 11.5. The molecular formula is C11H21NO2. The molecule has 1 aliphatic rings. The molecule has 0 spiro atoms. The monoisotopic (exact) mass is 199 g/mol. The second-order valence-electron chi connectivity index (χ2n) is 4.92. The van der Waals surface area contributed by atoms with E-state index in [9.17, 15) is 4.79 Å². The second-order valence-corrected chi connectivity index (χ2v) is 4.92. The number of carbonyl (C=O) groups excluding carboxylic acids is 1. The van der Waals surface area contributed by atoms with Crippen LogP contribution in [0.2, 0.25) is 0 Å². The molecule has 3 nitrogen and oxygen atoms in total. The number of hydrogen-bond acceptors (Lipinski definition) is 3. The molecule has 1 aliphatic heterocycles. The normalized spacial score (nSPS) is 21.5. The van der Waals surface area contributed by atoms with Crippen molar-refractivity contribution >= 4 is 5.97 Å². The topological polar surface area (TPSA) is 38.3 Å². The molecule has 0 saturated carbocycles. The van der Waals surface area contributed by atoms with Crippen LogP contribution in [0.4, 0.5) is 0 Å². The molecule has 0 aromatic heterocycles. The van der Waals surface area contributed by atoms with Gasteiger partial charge in [-0.2, -0.15) is 0 Å². The van der Waals surface area contributed by atoms with Crippen molar-refractivity contribution in [3.63, 3.8) is 0 Å². The Morgan fingerprint density at radius 3 is 2.57 bits per heavy atom. The largest absolute Gasteiger partial charge is 0.460 e. The Morgan fingerprint density at radius 2 is 2.14 bits per heavy atom. The minimum Gasteiger partial charge on any atom is -0.460 e. The van der Waals surface area contributed by atoms with Gasteiger partial charge in [0.1, 0.15) is 5.60 Å². The van der Waals surface area contributed by atoms with E-state index < -0.39 is 0 Å². The highest BCUT2D eigenvalue weighted by Gasteiger charge is 2.18. The van der Waals surface area contributed by atoms with Crippen LogP contribution in [0.5, 0.6) is 0 Å². The Morgan fingerprint density at radius 1 is 1.50 bits per heavy atom. The average molecular weight is 199 g/mol. The Labute approximate surface area is 86.2 Å². The number of carbonyl (C=O) groups is 1. The predicted molar refractivity (Wildman–Crippen MR) is 56.1 cm³/mol. The molecule has 82 valence electrons. The second kappa shape index (κ2) is 4.78. The number of rotatable bonds is 4. The zero-order valence-electron chi connectivity index (χ0n) is 9.43. The predicted octanol–water partition coefficient (Wildman–Crippen LogP) is 1.86. The maximum absolute atomic E-state index is 11.3. The van der Waals surface area contributed by atoms with Crippen molar-refractivity contribution in [1.82, 2.24) is 5.32 Å². The van der Waals surface area contributed by atoms with Gasteiger partial charge in [-0.25, -0.2) is 0 Å². The van der Waals surface area contributed by atoms with Crippen molar-refractivity contribution in [2.45, 2.75) is 58.1 Å². The molecule has 0 amide bonds. The first-order chi connectivity index (χ1) is 6.47. The SMILES string of the molecule is CC(C)(C)OC(=O)CCCC1CCN1. The third-order valence-corrected chi connectivity index (χ3v) is 2.28. The summed E-state index contributed by atoms with van der Waals surface area (Å²) >= 11 is 0.